The SMILES string of the molecule is Cc1cc(OC[C@]2(CC(=O)N3CCCCC3)CCCN(S(=O)(=O)Cc3cc(F)cc(F)c3)C2)ccc1Cl. The summed E-state index contributed by atoms with van der Waals surface area (Å²) in [5, 5.41) is 0.617. The molecule has 2 saturated heterocycles. The predicted molar refractivity (Wildman–Crippen MR) is 139 cm³/mol. The van der Waals surface area contributed by atoms with Crippen molar-refractivity contribution in [3.8, 4) is 5.75 Å². The highest BCUT2D eigenvalue weighted by Gasteiger charge is 2.43. The number of hydrogen-bond donors (Lipinski definition) is 0. The van der Waals surface area contributed by atoms with Crippen LogP contribution in [0, 0.1) is 24.0 Å². The van der Waals surface area contributed by atoms with Gasteiger partial charge in [-0.15, -0.1) is 0 Å². The first-order chi connectivity index (χ1) is 17.6. The number of amides is 1. The van der Waals surface area contributed by atoms with Gasteiger partial charge in [0, 0.05) is 49.1 Å². The zero-order valence-electron chi connectivity index (χ0n) is 21.0. The number of sulfonamides is 1. The number of piperidine rings is 2. The van der Waals surface area contributed by atoms with Gasteiger partial charge in [0.2, 0.25) is 15.9 Å². The fraction of sp³-hybridized carbons (Fsp3) is 0.519. The fourth-order valence-electron chi connectivity index (χ4n) is 5.23. The standard InChI is InChI=1S/C27H33ClF2N2O4S/c1-20-12-24(6-7-25(20)28)36-19-27(16-26(33)31-9-3-2-4-10-31)8-5-11-32(18-27)37(34,35)17-21-13-22(29)15-23(30)14-21/h6-7,12-15H,2-5,8-11,16-19H2,1H3/t27-/m0/s1. The molecular weight excluding hydrogens is 522 g/mol. The van der Waals surface area contributed by atoms with E-state index in [0.29, 0.717) is 42.8 Å². The Labute approximate surface area is 222 Å². The highest BCUT2D eigenvalue weighted by atomic mass is 35.5. The third kappa shape index (κ3) is 7.21. The molecule has 0 aliphatic carbocycles. The van der Waals surface area contributed by atoms with Crippen LogP contribution in [0.2, 0.25) is 5.02 Å². The largest absolute Gasteiger partial charge is 0.493 e. The van der Waals surface area contributed by atoms with Crippen molar-refractivity contribution in [3.05, 3.63) is 64.2 Å². The second-order valence-electron chi connectivity index (χ2n) is 10.3. The molecule has 2 heterocycles. The van der Waals surface area contributed by atoms with Crippen molar-refractivity contribution in [2.24, 2.45) is 5.41 Å². The Balaban J connectivity index is 1.55. The molecule has 37 heavy (non-hydrogen) atoms. The quantitative estimate of drug-likeness (QED) is 0.443. The molecular formula is C27H33ClF2N2O4S. The third-order valence-corrected chi connectivity index (χ3v) is 9.42. The van der Waals surface area contributed by atoms with Gasteiger partial charge in [0.15, 0.2) is 0 Å². The van der Waals surface area contributed by atoms with Crippen molar-refractivity contribution >= 4 is 27.5 Å². The maximum atomic E-state index is 13.7. The molecule has 0 radical (unpaired) electrons. The van der Waals surface area contributed by atoms with Gasteiger partial charge in [0.05, 0.1) is 12.4 Å². The van der Waals surface area contributed by atoms with Crippen LogP contribution in [0.1, 0.15) is 49.7 Å². The summed E-state index contributed by atoms with van der Waals surface area (Å²) in [6.07, 6.45) is 4.36. The van der Waals surface area contributed by atoms with Gasteiger partial charge >= 0.3 is 0 Å². The van der Waals surface area contributed by atoms with Gasteiger partial charge in [0.25, 0.3) is 0 Å². The fourth-order valence-corrected chi connectivity index (χ4v) is 6.99. The molecule has 4 rings (SSSR count). The number of nitrogens with zero attached hydrogens (tertiary/aromatic N) is 2. The molecule has 2 aliphatic heterocycles. The molecule has 1 amide bonds. The number of carbonyl (C=O) groups excluding carboxylic acids is 1. The van der Waals surface area contributed by atoms with Crippen molar-refractivity contribution in [2.45, 2.75) is 51.2 Å². The average molecular weight is 555 g/mol. The highest BCUT2D eigenvalue weighted by Crippen LogP contribution is 2.37. The molecule has 0 aromatic heterocycles. The van der Waals surface area contributed by atoms with E-state index >= 15 is 0 Å². The Bertz CT molecular complexity index is 1220. The second-order valence-corrected chi connectivity index (χ2v) is 12.7. The monoisotopic (exact) mass is 554 g/mol. The lowest BCUT2D eigenvalue weighted by Crippen LogP contribution is -2.51. The van der Waals surface area contributed by atoms with Crippen molar-refractivity contribution in [2.75, 3.05) is 32.8 Å². The van der Waals surface area contributed by atoms with Crippen molar-refractivity contribution < 1.29 is 26.7 Å². The van der Waals surface area contributed by atoms with Gasteiger partial charge in [-0.2, -0.15) is 0 Å². The molecule has 0 bridgehead atoms. The minimum atomic E-state index is -3.89. The zero-order valence-corrected chi connectivity index (χ0v) is 22.6. The van der Waals surface area contributed by atoms with Crippen molar-refractivity contribution in [3.63, 3.8) is 0 Å². The summed E-state index contributed by atoms with van der Waals surface area (Å²) >= 11 is 6.14. The van der Waals surface area contributed by atoms with E-state index in [1.54, 1.807) is 12.1 Å². The lowest BCUT2D eigenvalue weighted by molar-refractivity contribution is -0.136. The molecule has 0 unspecified atom stereocenters. The number of likely N-dealkylation sites (tertiary alicyclic amines) is 1. The number of halogens is 3. The lowest BCUT2D eigenvalue weighted by atomic mass is 9.78. The van der Waals surface area contributed by atoms with Crippen LogP contribution in [0.5, 0.6) is 5.75 Å². The molecule has 202 valence electrons. The van der Waals surface area contributed by atoms with Crippen LogP contribution >= 0.6 is 11.6 Å². The summed E-state index contributed by atoms with van der Waals surface area (Å²) in [4.78, 5) is 15.2. The molecule has 2 aliphatic rings. The lowest BCUT2D eigenvalue weighted by Gasteiger charge is -2.42. The highest BCUT2D eigenvalue weighted by molar-refractivity contribution is 7.88. The molecule has 0 N–H and O–H groups in total. The molecule has 10 heteroatoms. The molecule has 2 aromatic carbocycles. The van der Waals surface area contributed by atoms with E-state index in [-0.39, 0.29) is 37.6 Å². The summed E-state index contributed by atoms with van der Waals surface area (Å²) in [6.45, 7) is 3.82. The molecule has 1 atom stereocenters. The van der Waals surface area contributed by atoms with Crippen LogP contribution in [0.4, 0.5) is 8.78 Å². The Morgan fingerprint density at radius 3 is 2.41 bits per heavy atom. The summed E-state index contributed by atoms with van der Waals surface area (Å²) in [7, 11) is -3.89. The Morgan fingerprint density at radius 1 is 1.03 bits per heavy atom. The summed E-state index contributed by atoms with van der Waals surface area (Å²) in [6, 6.07) is 8.09. The maximum Gasteiger partial charge on any atom is 0.223 e. The van der Waals surface area contributed by atoms with Gasteiger partial charge in [-0.1, -0.05) is 11.6 Å². The van der Waals surface area contributed by atoms with Crippen LogP contribution < -0.4 is 4.74 Å². The maximum absolute atomic E-state index is 13.7. The topological polar surface area (TPSA) is 66.9 Å². The number of rotatable bonds is 8. The Kier molecular flexibility index (Phi) is 8.76. The van der Waals surface area contributed by atoms with E-state index in [4.69, 9.17) is 16.3 Å². The van der Waals surface area contributed by atoms with Crippen LogP contribution in [0.3, 0.4) is 0 Å². The molecule has 2 aromatic rings. The van der Waals surface area contributed by atoms with Crippen LogP contribution in [-0.2, 0) is 20.6 Å². The number of carbonyl (C=O) groups is 1. The first-order valence-corrected chi connectivity index (χ1v) is 14.6. The molecule has 6 nitrogen and oxygen atoms in total. The summed E-state index contributed by atoms with van der Waals surface area (Å²) in [5.41, 5.74) is 0.166. The van der Waals surface area contributed by atoms with E-state index in [0.717, 1.165) is 37.0 Å². The second kappa shape index (κ2) is 11.7. The number of ether oxygens (including phenoxy) is 1. The summed E-state index contributed by atoms with van der Waals surface area (Å²) in [5.74, 6) is -1.56. The minimum absolute atomic E-state index is 0.00189. The molecule has 0 saturated carbocycles. The Hall–Kier alpha value is -2.23. The predicted octanol–water partition coefficient (Wildman–Crippen LogP) is 5.32. The van der Waals surface area contributed by atoms with Crippen LogP contribution in [-0.4, -0.2) is 56.3 Å². The number of aryl methyl sites for hydroxylation is 1. The minimum Gasteiger partial charge on any atom is -0.493 e. The van der Waals surface area contributed by atoms with E-state index in [9.17, 15) is 22.0 Å². The average Bonchev–Trinajstić information content (AvgIpc) is 2.84. The normalized spacial score (nSPS) is 21.1. The van der Waals surface area contributed by atoms with E-state index in [1.807, 2.05) is 17.9 Å². The van der Waals surface area contributed by atoms with E-state index in [1.165, 1.54) is 4.31 Å². The molecule has 2 fully saturated rings. The van der Waals surface area contributed by atoms with E-state index in [2.05, 4.69) is 0 Å². The first-order valence-electron chi connectivity index (χ1n) is 12.6. The van der Waals surface area contributed by atoms with Crippen molar-refractivity contribution in [1.82, 2.24) is 9.21 Å². The first kappa shape index (κ1) is 27.8. The number of benzene rings is 2. The third-order valence-electron chi connectivity index (χ3n) is 7.20. The van der Waals surface area contributed by atoms with Gasteiger partial charge in [-0.3, -0.25) is 4.79 Å². The smallest absolute Gasteiger partial charge is 0.223 e. The Morgan fingerprint density at radius 2 is 1.73 bits per heavy atom. The van der Waals surface area contributed by atoms with Crippen LogP contribution in [0.25, 0.3) is 0 Å². The van der Waals surface area contributed by atoms with Gasteiger partial charge in [-0.05, 0) is 80.5 Å². The van der Waals surface area contributed by atoms with Crippen molar-refractivity contribution in [1.29, 1.82) is 0 Å². The summed E-state index contributed by atoms with van der Waals surface area (Å²) < 4.78 is 61.5. The van der Waals surface area contributed by atoms with Crippen LogP contribution in [0.15, 0.2) is 36.4 Å². The van der Waals surface area contributed by atoms with E-state index < -0.39 is 32.8 Å². The number of hydrogen-bond acceptors (Lipinski definition) is 4. The van der Waals surface area contributed by atoms with Gasteiger partial charge in [0.1, 0.15) is 17.4 Å². The zero-order chi connectivity index (χ0) is 26.6. The van der Waals surface area contributed by atoms with Gasteiger partial charge < -0.3 is 9.64 Å². The molecule has 0 spiro atoms. The van der Waals surface area contributed by atoms with Gasteiger partial charge in [-0.25, -0.2) is 21.5 Å².